The SMILES string of the molecule is CSC(C)C(=O)NC(Cn1ccnc1)C(C)(C)C. The van der Waals surface area contributed by atoms with Crippen molar-refractivity contribution in [2.24, 2.45) is 5.41 Å². The first-order valence-corrected chi connectivity index (χ1v) is 7.42. The van der Waals surface area contributed by atoms with Crippen molar-refractivity contribution in [3.8, 4) is 0 Å². The molecule has 1 rings (SSSR count). The van der Waals surface area contributed by atoms with Crippen LogP contribution in [0.1, 0.15) is 27.7 Å². The van der Waals surface area contributed by atoms with Gasteiger partial charge in [0.2, 0.25) is 5.91 Å². The van der Waals surface area contributed by atoms with E-state index in [1.807, 2.05) is 23.9 Å². The van der Waals surface area contributed by atoms with E-state index in [2.05, 4.69) is 31.1 Å². The second-order valence-electron chi connectivity index (χ2n) is 5.56. The second-order valence-corrected chi connectivity index (χ2v) is 6.74. The molecule has 0 fully saturated rings. The zero-order chi connectivity index (χ0) is 13.8. The summed E-state index contributed by atoms with van der Waals surface area (Å²) < 4.78 is 2.00. The molecule has 1 aromatic heterocycles. The summed E-state index contributed by atoms with van der Waals surface area (Å²) in [6.07, 6.45) is 7.41. The highest BCUT2D eigenvalue weighted by Gasteiger charge is 2.27. The molecule has 0 aliphatic heterocycles. The van der Waals surface area contributed by atoms with Gasteiger partial charge in [0, 0.05) is 18.9 Å². The fourth-order valence-corrected chi connectivity index (χ4v) is 1.82. The zero-order valence-corrected chi connectivity index (χ0v) is 12.6. The normalized spacial score (nSPS) is 15.2. The Bertz CT molecular complexity index is 370. The molecule has 1 heterocycles. The third-order valence-corrected chi connectivity index (χ3v) is 3.96. The van der Waals surface area contributed by atoms with Crippen molar-refractivity contribution in [1.82, 2.24) is 14.9 Å². The molecule has 4 nitrogen and oxygen atoms in total. The number of thioether (sulfide) groups is 1. The van der Waals surface area contributed by atoms with E-state index in [0.29, 0.717) is 0 Å². The smallest absolute Gasteiger partial charge is 0.233 e. The quantitative estimate of drug-likeness (QED) is 0.891. The summed E-state index contributed by atoms with van der Waals surface area (Å²) in [6, 6.07) is 0.0915. The van der Waals surface area contributed by atoms with Crippen molar-refractivity contribution in [2.45, 2.75) is 45.5 Å². The minimum Gasteiger partial charge on any atom is -0.350 e. The number of amides is 1. The molecule has 0 radical (unpaired) electrons. The van der Waals surface area contributed by atoms with Crippen LogP contribution in [0, 0.1) is 5.41 Å². The maximum absolute atomic E-state index is 12.0. The van der Waals surface area contributed by atoms with E-state index in [4.69, 9.17) is 0 Å². The van der Waals surface area contributed by atoms with Gasteiger partial charge in [-0.25, -0.2) is 4.98 Å². The molecule has 1 amide bonds. The Morgan fingerprint density at radius 2 is 2.17 bits per heavy atom. The Balaban J connectivity index is 2.71. The number of hydrogen-bond acceptors (Lipinski definition) is 3. The molecule has 18 heavy (non-hydrogen) atoms. The fourth-order valence-electron chi connectivity index (χ4n) is 1.54. The first-order chi connectivity index (χ1) is 8.34. The maximum atomic E-state index is 12.0. The van der Waals surface area contributed by atoms with Gasteiger partial charge in [-0.1, -0.05) is 20.8 Å². The number of nitrogens with zero attached hydrogens (tertiary/aromatic N) is 2. The van der Waals surface area contributed by atoms with Crippen molar-refractivity contribution in [1.29, 1.82) is 0 Å². The minimum absolute atomic E-state index is 0.0120. The summed E-state index contributed by atoms with van der Waals surface area (Å²) in [5.41, 5.74) is 0.0120. The predicted molar refractivity (Wildman–Crippen MR) is 76.6 cm³/mol. The van der Waals surface area contributed by atoms with Crippen LogP contribution < -0.4 is 5.32 Å². The highest BCUT2D eigenvalue weighted by molar-refractivity contribution is 7.99. The van der Waals surface area contributed by atoms with Gasteiger partial charge < -0.3 is 9.88 Å². The van der Waals surface area contributed by atoms with E-state index in [-0.39, 0.29) is 22.6 Å². The molecule has 1 N–H and O–H groups in total. The molecule has 5 heteroatoms. The number of carbonyl (C=O) groups is 1. The Morgan fingerprint density at radius 3 is 2.61 bits per heavy atom. The number of carbonyl (C=O) groups excluding carboxylic acids is 1. The lowest BCUT2D eigenvalue weighted by atomic mass is 9.86. The molecule has 0 spiro atoms. The van der Waals surface area contributed by atoms with Crippen LogP contribution in [0.2, 0.25) is 0 Å². The number of aromatic nitrogens is 2. The molecular weight excluding hydrogens is 246 g/mol. The van der Waals surface area contributed by atoms with Crippen LogP contribution >= 0.6 is 11.8 Å². The van der Waals surface area contributed by atoms with Gasteiger partial charge in [0.1, 0.15) is 0 Å². The first-order valence-electron chi connectivity index (χ1n) is 6.13. The van der Waals surface area contributed by atoms with Crippen LogP contribution in [0.25, 0.3) is 0 Å². The number of hydrogen-bond donors (Lipinski definition) is 1. The van der Waals surface area contributed by atoms with Crippen LogP contribution in [0.5, 0.6) is 0 Å². The summed E-state index contributed by atoms with van der Waals surface area (Å²) in [6.45, 7) is 9.09. The lowest BCUT2D eigenvalue weighted by Gasteiger charge is -2.32. The predicted octanol–water partition coefficient (Wildman–Crippen LogP) is 2.17. The van der Waals surface area contributed by atoms with E-state index in [0.717, 1.165) is 6.54 Å². The van der Waals surface area contributed by atoms with Crippen molar-refractivity contribution < 1.29 is 4.79 Å². The average molecular weight is 269 g/mol. The Morgan fingerprint density at radius 1 is 1.50 bits per heavy atom. The molecule has 0 bridgehead atoms. The van der Waals surface area contributed by atoms with Crippen LogP contribution in [0.3, 0.4) is 0 Å². The van der Waals surface area contributed by atoms with Crippen LogP contribution in [0.4, 0.5) is 0 Å². The molecule has 0 saturated heterocycles. The lowest BCUT2D eigenvalue weighted by molar-refractivity contribution is -0.121. The zero-order valence-electron chi connectivity index (χ0n) is 11.8. The summed E-state index contributed by atoms with van der Waals surface area (Å²) in [4.78, 5) is 16.0. The molecule has 0 aliphatic rings. The van der Waals surface area contributed by atoms with Crippen molar-refractivity contribution in [3.63, 3.8) is 0 Å². The topological polar surface area (TPSA) is 46.9 Å². The molecule has 0 saturated carbocycles. The average Bonchev–Trinajstić information content (AvgIpc) is 2.78. The van der Waals surface area contributed by atoms with E-state index >= 15 is 0 Å². The summed E-state index contributed by atoms with van der Waals surface area (Å²) >= 11 is 1.56. The number of nitrogens with one attached hydrogen (secondary N) is 1. The van der Waals surface area contributed by atoms with Gasteiger partial charge in [0.25, 0.3) is 0 Å². The van der Waals surface area contributed by atoms with E-state index in [1.165, 1.54) is 0 Å². The monoisotopic (exact) mass is 269 g/mol. The fraction of sp³-hybridized carbons (Fsp3) is 0.692. The van der Waals surface area contributed by atoms with Crippen molar-refractivity contribution in [2.75, 3.05) is 6.26 Å². The van der Waals surface area contributed by atoms with Crippen molar-refractivity contribution >= 4 is 17.7 Å². The van der Waals surface area contributed by atoms with Gasteiger partial charge in [-0.15, -0.1) is 0 Å². The summed E-state index contributed by atoms with van der Waals surface area (Å²) in [5.74, 6) is 0.0996. The van der Waals surface area contributed by atoms with Gasteiger partial charge in [-0.2, -0.15) is 11.8 Å². The summed E-state index contributed by atoms with van der Waals surface area (Å²) in [7, 11) is 0. The van der Waals surface area contributed by atoms with Crippen LogP contribution in [-0.2, 0) is 11.3 Å². The third-order valence-electron chi connectivity index (χ3n) is 3.04. The maximum Gasteiger partial charge on any atom is 0.233 e. The summed E-state index contributed by atoms with van der Waals surface area (Å²) in [5, 5.41) is 3.12. The molecule has 1 aromatic rings. The molecular formula is C13H23N3OS. The first kappa shape index (κ1) is 15.1. The molecule has 0 aromatic carbocycles. The van der Waals surface area contributed by atoms with Gasteiger partial charge >= 0.3 is 0 Å². The van der Waals surface area contributed by atoms with Gasteiger partial charge in [-0.3, -0.25) is 4.79 Å². The van der Waals surface area contributed by atoms with Gasteiger partial charge in [0.15, 0.2) is 0 Å². The van der Waals surface area contributed by atoms with E-state index in [9.17, 15) is 4.79 Å². The number of rotatable bonds is 5. The molecule has 2 atom stereocenters. The Hall–Kier alpha value is -0.970. The largest absolute Gasteiger partial charge is 0.350 e. The Kier molecular flexibility index (Phi) is 5.26. The molecule has 2 unspecified atom stereocenters. The molecule has 102 valence electrons. The molecule has 0 aliphatic carbocycles. The van der Waals surface area contributed by atoms with Gasteiger partial charge in [0.05, 0.1) is 17.6 Å². The van der Waals surface area contributed by atoms with Crippen LogP contribution in [0.15, 0.2) is 18.7 Å². The minimum atomic E-state index is -0.0161. The highest BCUT2D eigenvalue weighted by atomic mass is 32.2. The Labute approximate surface area is 114 Å². The number of imidazole rings is 1. The third kappa shape index (κ3) is 4.37. The highest BCUT2D eigenvalue weighted by Crippen LogP contribution is 2.21. The second kappa shape index (κ2) is 6.27. The van der Waals surface area contributed by atoms with E-state index < -0.39 is 0 Å². The van der Waals surface area contributed by atoms with Gasteiger partial charge in [-0.05, 0) is 18.6 Å². The standard InChI is InChI=1S/C13H23N3OS/c1-10(18-5)12(17)15-11(13(2,3)4)8-16-7-6-14-9-16/h6-7,9-11H,8H2,1-5H3,(H,15,17). The van der Waals surface area contributed by atoms with E-state index in [1.54, 1.807) is 24.3 Å². The van der Waals surface area contributed by atoms with Crippen molar-refractivity contribution in [3.05, 3.63) is 18.7 Å². The van der Waals surface area contributed by atoms with Crippen LogP contribution in [-0.4, -0.2) is 33.0 Å². The lowest BCUT2D eigenvalue weighted by Crippen LogP contribution is -2.48.